The fourth-order valence-electron chi connectivity index (χ4n) is 4.31. The summed E-state index contributed by atoms with van der Waals surface area (Å²) in [5.74, 6) is 0.233. The Bertz CT molecular complexity index is 1500. The maximum atomic E-state index is 12.7. The van der Waals surface area contributed by atoms with Crippen LogP contribution in [-0.4, -0.2) is 48.0 Å². The number of anilines is 2. The van der Waals surface area contributed by atoms with Gasteiger partial charge in [-0.1, -0.05) is 41.4 Å². The highest BCUT2D eigenvalue weighted by molar-refractivity contribution is 7.80. The number of halogens is 2. The number of nitrogens with one attached hydrogen (secondary N) is 2. The molecule has 4 aromatic rings. The van der Waals surface area contributed by atoms with Gasteiger partial charge >= 0.3 is 0 Å². The summed E-state index contributed by atoms with van der Waals surface area (Å²) < 4.78 is 5.68. The SMILES string of the molecule is O=C(NC(=S)Nc1ccc(N2CCN(C(=O)c3ccccc3)CC2)c(Cl)c1)c1ccc(-c2ccc(Cl)cc2)o1. The number of amides is 2. The fourth-order valence-corrected chi connectivity index (χ4v) is 4.95. The van der Waals surface area contributed by atoms with Gasteiger partial charge < -0.3 is 19.5 Å². The molecular formula is C29H24Cl2N4O3S. The molecule has 0 radical (unpaired) electrons. The van der Waals surface area contributed by atoms with Crippen molar-refractivity contribution in [1.29, 1.82) is 0 Å². The molecule has 7 nitrogen and oxygen atoms in total. The average Bonchev–Trinajstić information content (AvgIpc) is 3.44. The summed E-state index contributed by atoms with van der Waals surface area (Å²) in [5.41, 5.74) is 3.00. The van der Waals surface area contributed by atoms with Crippen LogP contribution in [0, 0.1) is 0 Å². The Balaban J connectivity index is 1.15. The molecule has 0 aliphatic carbocycles. The third-order valence-electron chi connectivity index (χ3n) is 6.32. The van der Waals surface area contributed by atoms with Crippen LogP contribution >= 0.6 is 35.4 Å². The maximum absolute atomic E-state index is 12.7. The van der Waals surface area contributed by atoms with Gasteiger partial charge in [-0.2, -0.15) is 0 Å². The Morgan fingerprint density at radius 3 is 2.26 bits per heavy atom. The molecule has 1 aliphatic heterocycles. The summed E-state index contributed by atoms with van der Waals surface area (Å²) in [5, 5.41) is 6.87. The predicted molar refractivity (Wildman–Crippen MR) is 159 cm³/mol. The highest BCUT2D eigenvalue weighted by Gasteiger charge is 2.23. The summed E-state index contributed by atoms with van der Waals surface area (Å²) in [4.78, 5) is 29.3. The van der Waals surface area contributed by atoms with E-state index in [0.717, 1.165) is 11.3 Å². The Morgan fingerprint density at radius 2 is 1.56 bits per heavy atom. The van der Waals surface area contributed by atoms with Gasteiger partial charge in [0, 0.05) is 48.0 Å². The first kappa shape index (κ1) is 26.7. The van der Waals surface area contributed by atoms with Crippen molar-refractivity contribution < 1.29 is 14.0 Å². The van der Waals surface area contributed by atoms with Crippen molar-refractivity contribution in [2.45, 2.75) is 0 Å². The van der Waals surface area contributed by atoms with Crippen molar-refractivity contribution in [3.63, 3.8) is 0 Å². The van der Waals surface area contributed by atoms with Crippen LogP contribution in [0.1, 0.15) is 20.9 Å². The number of furan rings is 1. The first-order chi connectivity index (χ1) is 18.9. The Morgan fingerprint density at radius 1 is 0.846 bits per heavy atom. The normalized spacial score (nSPS) is 13.2. The molecule has 0 spiro atoms. The van der Waals surface area contributed by atoms with E-state index in [1.54, 1.807) is 30.3 Å². The molecule has 3 aromatic carbocycles. The number of hydrogen-bond acceptors (Lipinski definition) is 5. The summed E-state index contributed by atoms with van der Waals surface area (Å²) >= 11 is 17.8. The standard InChI is InChI=1S/C29H24Cl2N4O3S/c30-21-8-6-19(7-9-21)25-12-13-26(38-25)27(36)33-29(39)32-22-10-11-24(23(31)18-22)34-14-16-35(17-15-34)28(37)20-4-2-1-3-5-20/h1-13,18H,14-17H2,(H2,32,33,36,39). The van der Waals surface area contributed by atoms with E-state index in [4.69, 9.17) is 39.8 Å². The van der Waals surface area contributed by atoms with Crippen LogP contribution in [0.5, 0.6) is 0 Å². The molecule has 39 heavy (non-hydrogen) atoms. The van der Waals surface area contributed by atoms with Crippen LogP contribution in [0.3, 0.4) is 0 Å². The molecule has 2 amide bonds. The molecule has 1 fully saturated rings. The Hall–Kier alpha value is -3.85. The van der Waals surface area contributed by atoms with Crippen molar-refractivity contribution in [2.24, 2.45) is 0 Å². The van der Waals surface area contributed by atoms with Crippen LogP contribution in [0.15, 0.2) is 89.3 Å². The first-order valence-electron chi connectivity index (χ1n) is 12.2. The van der Waals surface area contributed by atoms with Gasteiger partial charge in [0.1, 0.15) is 5.76 Å². The minimum atomic E-state index is -0.474. The number of carbonyl (C=O) groups excluding carboxylic acids is 2. The fraction of sp³-hybridized carbons (Fsp3) is 0.138. The summed E-state index contributed by atoms with van der Waals surface area (Å²) in [7, 11) is 0. The zero-order valence-electron chi connectivity index (χ0n) is 20.7. The van der Waals surface area contributed by atoms with Gasteiger partial charge in [-0.05, 0) is 78.9 Å². The third-order valence-corrected chi connectivity index (χ3v) is 7.08. The second-order valence-corrected chi connectivity index (χ2v) is 10.1. The van der Waals surface area contributed by atoms with Crippen molar-refractivity contribution in [3.05, 3.63) is 106 Å². The molecule has 5 rings (SSSR count). The predicted octanol–water partition coefficient (Wildman–Crippen LogP) is 6.34. The molecule has 0 saturated carbocycles. The number of hydrogen-bond donors (Lipinski definition) is 2. The number of benzene rings is 3. The third kappa shape index (κ3) is 6.42. The molecule has 0 atom stereocenters. The van der Waals surface area contributed by atoms with Crippen LogP contribution in [0.4, 0.5) is 11.4 Å². The minimum absolute atomic E-state index is 0.0344. The van der Waals surface area contributed by atoms with E-state index in [1.807, 2.05) is 59.5 Å². The Labute approximate surface area is 241 Å². The van der Waals surface area contributed by atoms with Crippen molar-refractivity contribution >= 4 is 63.7 Å². The molecule has 10 heteroatoms. The monoisotopic (exact) mass is 578 g/mol. The number of piperazine rings is 1. The van der Waals surface area contributed by atoms with Crippen molar-refractivity contribution in [3.8, 4) is 11.3 Å². The topological polar surface area (TPSA) is 77.8 Å². The molecule has 198 valence electrons. The van der Waals surface area contributed by atoms with E-state index >= 15 is 0 Å². The minimum Gasteiger partial charge on any atom is -0.451 e. The lowest BCUT2D eigenvalue weighted by molar-refractivity contribution is 0.0746. The van der Waals surface area contributed by atoms with Gasteiger partial charge in [0.05, 0.1) is 10.7 Å². The summed E-state index contributed by atoms with van der Waals surface area (Å²) in [6.45, 7) is 2.54. The molecule has 0 unspecified atom stereocenters. The van der Waals surface area contributed by atoms with E-state index in [2.05, 4.69) is 15.5 Å². The number of rotatable bonds is 5. The zero-order valence-corrected chi connectivity index (χ0v) is 23.0. The molecule has 1 saturated heterocycles. The molecule has 2 heterocycles. The van der Waals surface area contributed by atoms with Gasteiger partial charge in [-0.3, -0.25) is 14.9 Å². The van der Waals surface area contributed by atoms with Gasteiger partial charge in [0.15, 0.2) is 10.9 Å². The van der Waals surface area contributed by atoms with Gasteiger partial charge in [-0.25, -0.2) is 0 Å². The van der Waals surface area contributed by atoms with Gasteiger partial charge in [0.2, 0.25) is 0 Å². The van der Waals surface area contributed by atoms with E-state index in [-0.39, 0.29) is 16.8 Å². The van der Waals surface area contributed by atoms with Gasteiger partial charge in [-0.15, -0.1) is 0 Å². The number of thiocarbonyl (C=S) groups is 1. The van der Waals surface area contributed by atoms with Crippen LogP contribution in [-0.2, 0) is 0 Å². The van der Waals surface area contributed by atoms with Crippen LogP contribution < -0.4 is 15.5 Å². The highest BCUT2D eigenvalue weighted by Crippen LogP contribution is 2.30. The maximum Gasteiger partial charge on any atom is 0.293 e. The smallest absolute Gasteiger partial charge is 0.293 e. The van der Waals surface area contributed by atoms with E-state index in [9.17, 15) is 9.59 Å². The van der Waals surface area contributed by atoms with Crippen molar-refractivity contribution in [2.75, 3.05) is 36.4 Å². The summed E-state index contributed by atoms with van der Waals surface area (Å²) in [6, 6.07) is 25.2. The van der Waals surface area contributed by atoms with E-state index in [1.165, 1.54) is 0 Å². The highest BCUT2D eigenvalue weighted by atomic mass is 35.5. The average molecular weight is 580 g/mol. The largest absolute Gasteiger partial charge is 0.451 e. The molecule has 1 aromatic heterocycles. The number of nitrogens with zero attached hydrogens (tertiary/aromatic N) is 2. The quantitative estimate of drug-likeness (QED) is 0.269. The molecular weight excluding hydrogens is 555 g/mol. The molecule has 0 bridgehead atoms. The lowest BCUT2D eigenvalue weighted by atomic mass is 10.1. The Kier molecular flexibility index (Phi) is 8.16. The van der Waals surface area contributed by atoms with Crippen molar-refractivity contribution in [1.82, 2.24) is 10.2 Å². The lowest BCUT2D eigenvalue weighted by Crippen LogP contribution is -2.48. The molecule has 2 N–H and O–H groups in total. The number of carbonyl (C=O) groups is 2. The van der Waals surface area contributed by atoms with E-state index in [0.29, 0.717) is 53.2 Å². The lowest BCUT2D eigenvalue weighted by Gasteiger charge is -2.36. The van der Waals surface area contributed by atoms with E-state index < -0.39 is 5.91 Å². The molecule has 1 aliphatic rings. The first-order valence-corrected chi connectivity index (χ1v) is 13.4. The summed E-state index contributed by atoms with van der Waals surface area (Å²) in [6.07, 6.45) is 0. The second kappa shape index (κ2) is 11.9. The van der Waals surface area contributed by atoms with Crippen LogP contribution in [0.25, 0.3) is 11.3 Å². The zero-order chi connectivity index (χ0) is 27.4. The van der Waals surface area contributed by atoms with Crippen LogP contribution in [0.2, 0.25) is 10.0 Å². The van der Waals surface area contributed by atoms with Gasteiger partial charge in [0.25, 0.3) is 11.8 Å². The second-order valence-electron chi connectivity index (χ2n) is 8.89.